The molecule has 5 heteroatoms. The Balaban J connectivity index is 0.00000154. The zero-order chi connectivity index (χ0) is 14.7. The van der Waals surface area contributed by atoms with Gasteiger partial charge in [0, 0.05) is 37.3 Å². The molecule has 1 fully saturated rings. The van der Waals surface area contributed by atoms with Gasteiger partial charge in [0.25, 0.3) is 0 Å². The van der Waals surface area contributed by atoms with Crippen LogP contribution >= 0.6 is 11.8 Å². The van der Waals surface area contributed by atoms with E-state index in [9.17, 15) is 4.79 Å². The first-order chi connectivity index (χ1) is 8.97. The van der Waals surface area contributed by atoms with Crippen LogP contribution in [0.1, 0.15) is 40.5 Å². The fourth-order valence-electron chi connectivity index (χ4n) is 1.57. The van der Waals surface area contributed by atoms with Crippen molar-refractivity contribution in [1.82, 2.24) is 4.90 Å². The Morgan fingerprint density at radius 3 is 2.42 bits per heavy atom. The lowest BCUT2D eigenvalue weighted by Crippen LogP contribution is -2.37. The van der Waals surface area contributed by atoms with Crippen molar-refractivity contribution in [2.45, 2.75) is 46.1 Å². The van der Waals surface area contributed by atoms with E-state index >= 15 is 0 Å². The third kappa shape index (κ3) is 11.4. The Hall–Kier alpha value is -0.100. The fraction of sp³-hybridized carbons (Fsp3) is 0.929. The van der Waals surface area contributed by atoms with Crippen LogP contribution in [0.15, 0.2) is 0 Å². The molecule has 0 saturated carbocycles. The number of hydrogen-bond donors (Lipinski definition) is 1. The number of ether oxygens (including phenoxy) is 1. The van der Waals surface area contributed by atoms with Crippen LogP contribution < -0.4 is 5.73 Å². The summed E-state index contributed by atoms with van der Waals surface area (Å²) in [6, 6.07) is 0. The summed E-state index contributed by atoms with van der Waals surface area (Å²) in [7, 11) is 0. The second-order valence-electron chi connectivity index (χ2n) is 5.16. The van der Waals surface area contributed by atoms with Crippen molar-refractivity contribution in [2.24, 2.45) is 5.73 Å². The van der Waals surface area contributed by atoms with Crippen molar-refractivity contribution in [3.63, 3.8) is 0 Å². The lowest BCUT2D eigenvalue weighted by Gasteiger charge is -2.26. The van der Waals surface area contributed by atoms with Gasteiger partial charge < -0.3 is 10.5 Å². The highest BCUT2D eigenvalue weighted by molar-refractivity contribution is 8.13. The minimum Gasteiger partial charge on any atom is -0.379 e. The molecule has 1 rings (SSSR count). The number of nitrogens with two attached hydrogens (primary N) is 1. The topological polar surface area (TPSA) is 55.6 Å². The van der Waals surface area contributed by atoms with E-state index in [0.29, 0.717) is 6.42 Å². The largest absolute Gasteiger partial charge is 0.379 e. The molecule has 0 spiro atoms. The zero-order valence-electron chi connectivity index (χ0n) is 12.9. The first kappa shape index (κ1) is 18.9. The molecule has 0 aliphatic carbocycles. The number of morpholine rings is 1. The van der Waals surface area contributed by atoms with Gasteiger partial charge in [0.15, 0.2) is 5.12 Å². The van der Waals surface area contributed by atoms with Crippen LogP contribution in [0.5, 0.6) is 0 Å². The van der Waals surface area contributed by atoms with E-state index in [1.165, 1.54) is 11.8 Å². The highest BCUT2D eigenvalue weighted by Crippen LogP contribution is 2.13. The number of nitrogens with zero attached hydrogens (tertiary/aromatic N) is 1. The Kier molecular flexibility index (Phi) is 10.6. The Morgan fingerprint density at radius 1 is 1.32 bits per heavy atom. The summed E-state index contributed by atoms with van der Waals surface area (Å²) in [6.07, 6.45) is 1.51. The minimum atomic E-state index is -0.169. The van der Waals surface area contributed by atoms with E-state index in [2.05, 4.69) is 4.90 Å². The van der Waals surface area contributed by atoms with E-state index in [4.69, 9.17) is 10.5 Å². The third-order valence-electron chi connectivity index (χ3n) is 2.75. The summed E-state index contributed by atoms with van der Waals surface area (Å²) < 4.78 is 5.26. The van der Waals surface area contributed by atoms with Crippen LogP contribution in [0.3, 0.4) is 0 Å². The molecule has 0 amide bonds. The molecule has 0 bridgehead atoms. The highest BCUT2D eigenvalue weighted by Gasteiger charge is 2.14. The standard InChI is InChI=1S/C12H24N2O2S.C2H6/c1-12(2,13)4-10-17-11(15)3-5-14-6-8-16-9-7-14;1-2/h3-10,13H2,1-2H3;1-2H3. The molecule has 0 aromatic rings. The van der Waals surface area contributed by atoms with Gasteiger partial charge in [-0.15, -0.1) is 0 Å². The summed E-state index contributed by atoms with van der Waals surface area (Å²) in [5, 5.41) is 0.278. The Labute approximate surface area is 122 Å². The molecule has 0 unspecified atom stereocenters. The first-order valence-corrected chi connectivity index (χ1v) is 8.20. The number of rotatable bonds is 6. The maximum Gasteiger partial charge on any atom is 0.190 e. The predicted octanol–water partition coefficient (Wildman–Crippen LogP) is 2.12. The second kappa shape index (κ2) is 10.7. The molecule has 1 aliphatic rings. The fourth-order valence-corrected chi connectivity index (χ4v) is 2.67. The van der Waals surface area contributed by atoms with Crippen LogP contribution in [0.2, 0.25) is 0 Å². The summed E-state index contributed by atoms with van der Waals surface area (Å²) in [4.78, 5) is 13.9. The molecule has 1 heterocycles. The van der Waals surface area contributed by atoms with Gasteiger partial charge in [-0.05, 0) is 20.3 Å². The van der Waals surface area contributed by atoms with Gasteiger partial charge in [-0.25, -0.2) is 0 Å². The van der Waals surface area contributed by atoms with E-state index in [1.807, 2.05) is 27.7 Å². The van der Waals surface area contributed by atoms with Crippen molar-refractivity contribution < 1.29 is 9.53 Å². The molecule has 0 aromatic heterocycles. The summed E-state index contributed by atoms with van der Waals surface area (Å²) in [6.45, 7) is 12.3. The van der Waals surface area contributed by atoms with Gasteiger partial charge in [-0.2, -0.15) is 0 Å². The Bertz CT molecular complexity index is 236. The zero-order valence-corrected chi connectivity index (χ0v) is 13.7. The summed E-state index contributed by atoms with van der Waals surface area (Å²) in [5.41, 5.74) is 5.70. The van der Waals surface area contributed by atoms with Crippen molar-refractivity contribution in [1.29, 1.82) is 0 Å². The monoisotopic (exact) mass is 290 g/mol. The molecule has 1 aliphatic heterocycles. The average molecular weight is 290 g/mol. The molecule has 2 N–H and O–H groups in total. The Morgan fingerprint density at radius 2 is 1.89 bits per heavy atom. The van der Waals surface area contributed by atoms with Crippen molar-refractivity contribution in [3.05, 3.63) is 0 Å². The van der Waals surface area contributed by atoms with Gasteiger partial charge in [0.05, 0.1) is 13.2 Å². The minimum absolute atomic E-state index is 0.169. The van der Waals surface area contributed by atoms with Gasteiger partial charge in [0.2, 0.25) is 0 Å². The molecule has 114 valence electrons. The number of carbonyl (C=O) groups is 1. The van der Waals surface area contributed by atoms with Crippen LogP contribution in [-0.4, -0.2) is 54.2 Å². The van der Waals surface area contributed by atoms with Gasteiger partial charge in [0.1, 0.15) is 0 Å². The SMILES string of the molecule is CC.CC(C)(N)CCSC(=O)CCN1CCOCC1. The second-order valence-corrected chi connectivity index (χ2v) is 6.32. The van der Waals surface area contributed by atoms with Crippen LogP contribution in [-0.2, 0) is 9.53 Å². The van der Waals surface area contributed by atoms with Crippen molar-refractivity contribution >= 4 is 16.9 Å². The molecule has 4 nitrogen and oxygen atoms in total. The molecular weight excluding hydrogens is 260 g/mol. The molecule has 0 radical (unpaired) electrons. The van der Waals surface area contributed by atoms with E-state index in [1.54, 1.807) is 0 Å². The maximum atomic E-state index is 11.6. The van der Waals surface area contributed by atoms with E-state index in [-0.39, 0.29) is 10.7 Å². The first-order valence-electron chi connectivity index (χ1n) is 7.22. The lowest BCUT2D eigenvalue weighted by molar-refractivity contribution is -0.111. The smallest absolute Gasteiger partial charge is 0.190 e. The van der Waals surface area contributed by atoms with Crippen LogP contribution in [0, 0.1) is 0 Å². The van der Waals surface area contributed by atoms with E-state index < -0.39 is 0 Å². The molecule has 0 atom stereocenters. The number of hydrogen-bond acceptors (Lipinski definition) is 5. The van der Waals surface area contributed by atoms with Crippen molar-refractivity contribution in [2.75, 3.05) is 38.6 Å². The average Bonchev–Trinajstić information content (AvgIpc) is 2.38. The number of carbonyl (C=O) groups excluding carboxylic acids is 1. The van der Waals surface area contributed by atoms with Crippen LogP contribution in [0.25, 0.3) is 0 Å². The third-order valence-corrected chi connectivity index (χ3v) is 3.68. The highest BCUT2D eigenvalue weighted by atomic mass is 32.2. The molecule has 1 saturated heterocycles. The van der Waals surface area contributed by atoms with E-state index in [0.717, 1.165) is 45.0 Å². The van der Waals surface area contributed by atoms with Crippen LogP contribution in [0.4, 0.5) is 0 Å². The summed E-state index contributed by atoms with van der Waals surface area (Å²) >= 11 is 1.42. The van der Waals surface area contributed by atoms with Crippen molar-refractivity contribution in [3.8, 4) is 0 Å². The summed E-state index contributed by atoms with van der Waals surface area (Å²) in [5.74, 6) is 0.825. The van der Waals surface area contributed by atoms with Gasteiger partial charge in [-0.3, -0.25) is 9.69 Å². The number of thioether (sulfide) groups is 1. The molecule has 0 aromatic carbocycles. The molecular formula is C14H30N2O2S. The predicted molar refractivity (Wildman–Crippen MR) is 83.6 cm³/mol. The lowest BCUT2D eigenvalue weighted by atomic mass is 10.0. The maximum absolute atomic E-state index is 11.6. The molecule has 19 heavy (non-hydrogen) atoms. The normalized spacial score (nSPS) is 16.7. The quantitative estimate of drug-likeness (QED) is 0.812. The van der Waals surface area contributed by atoms with Gasteiger partial charge >= 0.3 is 0 Å². The van der Waals surface area contributed by atoms with Gasteiger partial charge in [-0.1, -0.05) is 25.6 Å².